The lowest BCUT2D eigenvalue weighted by Gasteiger charge is -2.44. The molecule has 0 bridgehead atoms. The van der Waals surface area contributed by atoms with E-state index in [1.807, 2.05) is 12.1 Å². The summed E-state index contributed by atoms with van der Waals surface area (Å²) in [5.74, 6) is 0.641. The lowest BCUT2D eigenvalue weighted by atomic mass is 9.62. The van der Waals surface area contributed by atoms with Crippen LogP contribution in [0.2, 0.25) is 0 Å². The Kier molecular flexibility index (Phi) is 4.53. The van der Waals surface area contributed by atoms with Crippen LogP contribution in [0.15, 0.2) is 24.3 Å². The maximum Gasteiger partial charge on any atom is 0.123 e. The number of benzene rings is 1. The maximum absolute atomic E-state index is 13.0. The van der Waals surface area contributed by atoms with E-state index in [0.29, 0.717) is 5.41 Å². The van der Waals surface area contributed by atoms with Crippen molar-refractivity contribution in [3.05, 3.63) is 35.6 Å². The zero-order valence-corrected chi connectivity index (χ0v) is 13.1. The summed E-state index contributed by atoms with van der Waals surface area (Å²) in [7, 11) is 0. The molecule has 1 aliphatic rings. The molecule has 112 valence electrons. The van der Waals surface area contributed by atoms with E-state index in [1.165, 1.54) is 31.2 Å². The predicted molar refractivity (Wildman–Crippen MR) is 83.0 cm³/mol. The number of halogens is 1. The first-order chi connectivity index (χ1) is 9.35. The highest BCUT2D eigenvalue weighted by Crippen LogP contribution is 2.46. The summed E-state index contributed by atoms with van der Waals surface area (Å²) < 4.78 is 13.0. The van der Waals surface area contributed by atoms with Gasteiger partial charge in [0.2, 0.25) is 0 Å². The standard InChI is InChI=1S/C18H28FN/c1-17(2,3)15-8-10-18(13-20,11-9-15)12-14-4-6-16(19)7-5-14/h4-7,15H,8-13,20H2,1-3H3. The van der Waals surface area contributed by atoms with Gasteiger partial charge in [-0.2, -0.15) is 0 Å². The van der Waals surface area contributed by atoms with Crippen molar-refractivity contribution in [1.82, 2.24) is 0 Å². The van der Waals surface area contributed by atoms with Crippen LogP contribution in [0.3, 0.4) is 0 Å². The average molecular weight is 277 g/mol. The van der Waals surface area contributed by atoms with Gasteiger partial charge in [-0.15, -0.1) is 0 Å². The van der Waals surface area contributed by atoms with Gasteiger partial charge in [0.15, 0.2) is 0 Å². The molecule has 1 nitrogen and oxygen atoms in total. The minimum absolute atomic E-state index is 0.160. The lowest BCUT2D eigenvalue weighted by molar-refractivity contribution is 0.0926. The van der Waals surface area contributed by atoms with Crippen LogP contribution in [-0.2, 0) is 6.42 Å². The molecule has 2 N–H and O–H groups in total. The molecule has 2 heteroatoms. The van der Waals surface area contributed by atoms with Gasteiger partial charge < -0.3 is 5.73 Å². The molecule has 1 aromatic rings. The molecule has 1 aliphatic carbocycles. The second-order valence-corrected chi connectivity index (χ2v) is 7.65. The number of rotatable bonds is 3. The third-order valence-electron chi connectivity index (χ3n) is 5.20. The van der Waals surface area contributed by atoms with Gasteiger partial charge in [-0.05, 0) is 73.1 Å². The first kappa shape index (κ1) is 15.5. The Morgan fingerprint density at radius 1 is 1.15 bits per heavy atom. The fourth-order valence-corrected chi connectivity index (χ4v) is 3.58. The van der Waals surface area contributed by atoms with Gasteiger partial charge in [0.05, 0.1) is 0 Å². The zero-order valence-electron chi connectivity index (χ0n) is 13.1. The van der Waals surface area contributed by atoms with Gasteiger partial charge >= 0.3 is 0 Å². The van der Waals surface area contributed by atoms with Crippen molar-refractivity contribution < 1.29 is 4.39 Å². The smallest absolute Gasteiger partial charge is 0.123 e. The predicted octanol–water partition coefficient (Wildman–Crippen LogP) is 4.55. The Morgan fingerprint density at radius 2 is 1.70 bits per heavy atom. The summed E-state index contributed by atoms with van der Waals surface area (Å²) >= 11 is 0. The summed E-state index contributed by atoms with van der Waals surface area (Å²) in [4.78, 5) is 0. The van der Waals surface area contributed by atoms with Crippen LogP contribution in [0.4, 0.5) is 4.39 Å². The van der Waals surface area contributed by atoms with E-state index >= 15 is 0 Å². The zero-order chi connectivity index (χ0) is 14.8. The van der Waals surface area contributed by atoms with Crippen molar-refractivity contribution in [3.63, 3.8) is 0 Å². The minimum Gasteiger partial charge on any atom is -0.330 e. The molecular formula is C18H28FN. The monoisotopic (exact) mass is 277 g/mol. The lowest BCUT2D eigenvalue weighted by Crippen LogP contribution is -2.39. The average Bonchev–Trinajstić information content (AvgIpc) is 2.41. The molecule has 1 fully saturated rings. The third-order valence-corrected chi connectivity index (χ3v) is 5.20. The quantitative estimate of drug-likeness (QED) is 0.861. The molecule has 2 rings (SSSR count). The van der Waals surface area contributed by atoms with Crippen LogP contribution in [0.5, 0.6) is 0 Å². The molecule has 0 unspecified atom stereocenters. The van der Waals surface area contributed by atoms with Gasteiger partial charge in [0.1, 0.15) is 5.82 Å². The van der Waals surface area contributed by atoms with Crippen LogP contribution in [0, 0.1) is 22.6 Å². The molecule has 0 atom stereocenters. The molecule has 1 saturated carbocycles. The molecule has 0 aromatic heterocycles. The molecule has 0 heterocycles. The summed E-state index contributed by atoms with van der Waals surface area (Å²) in [6.07, 6.45) is 5.91. The van der Waals surface area contributed by atoms with Crippen LogP contribution >= 0.6 is 0 Å². The normalized spacial score (nSPS) is 27.6. The Bertz CT molecular complexity index is 422. The van der Waals surface area contributed by atoms with E-state index in [2.05, 4.69) is 20.8 Å². The summed E-state index contributed by atoms with van der Waals surface area (Å²) in [6, 6.07) is 6.92. The Balaban J connectivity index is 2.03. The molecule has 20 heavy (non-hydrogen) atoms. The van der Waals surface area contributed by atoms with Crippen LogP contribution in [0.25, 0.3) is 0 Å². The summed E-state index contributed by atoms with van der Waals surface area (Å²) in [5.41, 5.74) is 7.93. The van der Waals surface area contributed by atoms with E-state index < -0.39 is 0 Å². The largest absolute Gasteiger partial charge is 0.330 e. The molecule has 0 aliphatic heterocycles. The van der Waals surface area contributed by atoms with E-state index in [0.717, 1.165) is 18.9 Å². The fraction of sp³-hybridized carbons (Fsp3) is 0.667. The Labute approximate surface area is 122 Å². The third kappa shape index (κ3) is 3.60. The van der Waals surface area contributed by atoms with Crippen molar-refractivity contribution in [1.29, 1.82) is 0 Å². The summed E-state index contributed by atoms with van der Waals surface area (Å²) in [5, 5.41) is 0. The molecule has 0 radical (unpaired) electrons. The van der Waals surface area contributed by atoms with Crippen molar-refractivity contribution in [2.75, 3.05) is 6.54 Å². The van der Waals surface area contributed by atoms with Crippen molar-refractivity contribution >= 4 is 0 Å². The highest BCUT2D eigenvalue weighted by Gasteiger charge is 2.37. The summed E-state index contributed by atoms with van der Waals surface area (Å²) in [6.45, 7) is 7.76. The molecule has 1 aromatic carbocycles. The number of hydrogen-bond donors (Lipinski definition) is 1. The maximum atomic E-state index is 13.0. The van der Waals surface area contributed by atoms with Gasteiger partial charge in [-0.25, -0.2) is 4.39 Å². The van der Waals surface area contributed by atoms with Crippen molar-refractivity contribution in [3.8, 4) is 0 Å². The molecule has 0 saturated heterocycles. The van der Waals surface area contributed by atoms with E-state index in [9.17, 15) is 4.39 Å². The van der Waals surface area contributed by atoms with Crippen LogP contribution in [0.1, 0.15) is 52.0 Å². The first-order valence-corrected chi connectivity index (χ1v) is 7.79. The minimum atomic E-state index is -0.160. The SMILES string of the molecule is CC(C)(C)C1CCC(CN)(Cc2ccc(F)cc2)CC1. The van der Waals surface area contributed by atoms with E-state index in [-0.39, 0.29) is 11.2 Å². The highest BCUT2D eigenvalue weighted by atomic mass is 19.1. The van der Waals surface area contributed by atoms with E-state index in [4.69, 9.17) is 5.73 Å². The highest BCUT2D eigenvalue weighted by molar-refractivity contribution is 5.18. The number of hydrogen-bond acceptors (Lipinski definition) is 1. The second kappa shape index (κ2) is 5.85. The Morgan fingerprint density at radius 3 is 2.15 bits per heavy atom. The van der Waals surface area contributed by atoms with Gasteiger partial charge in [0, 0.05) is 0 Å². The van der Waals surface area contributed by atoms with Gasteiger partial charge in [-0.1, -0.05) is 32.9 Å². The molecule has 0 spiro atoms. The van der Waals surface area contributed by atoms with Crippen molar-refractivity contribution in [2.45, 2.75) is 52.9 Å². The number of nitrogens with two attached hydrogens (primary N) is 1. The van der Waals surface area contributed by atoms with E-state index in [1.54, 1.807) is 12.1 Å². The van der Waals surface area contributed by atoms with Crippen molar-refractivity contribution in [2.24, 2.45) is 22.5 Å². The Hall–Kier alpha value is -0.890. The topological polar surface area (TPSA) is 26.0 Å². The second-order valence-electron chi connectivity index (χ2n) is 7.65. The van der Waals surface area contributed by atoms with Crippen LogP contribution < -0.4 is 5.73 Å². The molecule has 0 amide bonds. The first-order valence-electron chi connectivity index (χ1n) is 7.79. The fourth-order valence-electron chi connectivity index (χ4n) is 3.58. The van der Waals surface area contributed by atoms with Crippen LogP contribution in [-0.4, -0.2) is 6.54 Å². The molecular weight excluding hydrogens is 249 g/mol. The van der Waals surface area contributed by atoms with Gasteiger partial charge in [0.25, 0.3) is 0 Å². The van der Waals surface area contributed by atoms with Gasteiger partial charge in [-0.3, -0.25) is 0 Å².